The number of hydrogen-bond donors (Lipinski definition) is 1. The van der Waals surface area contributed by atoms with E-state index in [1.54, 1.807) is 0 Å². The summed E-state index contributed by atoms with van der Waals surface area (Å²) >= 11 is 0. The van der Waals surface area contributed by atoms with Gasteiger partial charge in [0.1, 0.15) is 11.5 Å². The fourth-order valence-corrected chi connectivity index (χ4v) is 2.18. The molecule has 1 aromatic rings. The molecule has 92 valence electrons. The highest BCUT2D eigenvalue weighted by atomic mass is 32.2. The van der Waals surface area contributed by atoms with Gasteiger partial charge in [0.05, 0.1) is 21.8 Å². The Morgan fingerprint density at radius 2 is 2.06 bits per heavy atom. The lowest BCUT2D eigenvalue weighted by atomic mass is 10.2. The Morgan fingerprint density at radius 1 is 1.44 bits per heavy atom. The van der Waals surface area contributed by atoms with E-state index in [1.165, 1.54) is 0 Å². The Morgan fingerprint density at radius 3 is 2.44 bits per heavy atom. The van der Waals surface area contributed by atoms with E-state index in [9.17, 15) is 4.21 Å². The lowest BCUT2D eigenvalue weighted by Crippen LogP contribution is -2.35. The molecule has 2 atom stereocenters. The van der Waals surface area contributed by atoms with E-state index in [1.807, 2.05) is 39.8 Å². The predicted octanol–water partition coefficient (Wildman–Crippen LogP) is 3.09. The number of hydrogen-bond acceptors (Lipinski definition) is 2. The highest BCUT2D eigenvalue weighted by Gasteiger charge is 2.24. The smallest absolute Gasteiger partial charge is 0.122 e. The lowest BCUT2D eigenvalue weighted by Gasteiger charge is -2.22. The SMILES string of the molecule is CC[C@H](N[S@](=O)C(C)(C)C)c1ccc(C)o1. The summed E-state index contributed by atoms with van der Waals surface area (Å²) in [6.45, 7) is 9.83. The summed E-state index contributed by atoms with van der Waals surface area (Å²) in [6.07, 6.45) is 0.856. The Bertz CT molecular complexity index is 365. The third-order valence-corrected chi connectivity index (χ3v) is 3.93. The first-order valence-corrected chi connectivity index (χ1v) is 6.74. The maximum absolute atomic E-state index is 12.0. The van der Waals surface area contributed by atoms with Gasteiger partial charge in [-0.15, -0.1) is 0 Å². The monoisotopic (exact) mass is 243 g/mol. The first-order chi connectivity index (χ1) is 7.34. The maximum atomic E-state index is 12.0. The van der Waals surface area contributed by atoms with Crippen LogP contribution in [0.1, 0.15) is 51.7 Å². The Balaban J connectivity index is 2.74. The van der Waals surface area contributed by atoms with Gasteiger partial charge >= 0.3 is 0 Å². The third kappa shape index (κ3) is 3.46. The van der Waals surface area contributed by atoms with E-state index in [0.717, 1.165) is 17.9 Å². The molecule has 0 aliphatic heterocycles. The summed E-state index contributed by atoms with van der Waals surface area (Å²) in [5, 5.41) is 0. The molecule has 0 aliphatic carbocycles. The summed E-state index contributed by atoms with van der Waals surface area (Å²) < 4.78 is 20.4. The molecule has 0 amide bonds. The fraction of sp³-hybridized carbons (Fsp3) is 0.667. The average Bonchev–Trinajstić information content (AvgIpc) is 2.59. The second-order valence-electron chi connectivity index (χ2n) is 4.91. The predicted molar refractivity (Wildman–Crippen MR) is 67.5 cm³/mol. The number of furan rings is 1. The van der Waals surface area contributed by atoms with Crippen LogP contribution in [-0.2, 0) is 11.0 Å². The van der Waals surface area contributed by atoms with Gasteiger partial charge in [0.2, 0.25) is 0 Å². The van der Waals surface area contributed by atoms with E-state index < -0.39 is 11.0 Å². The van der Waals surface area contributed by atoms with Crippen LogP contribution in [0.4, 0.5) is 0 Å². The molecule has 4 heteroatoms. The first kappa shape index (κ1) is 13.5. The van der Waals surface area contributed by atoms with Gasteiger partial charge in [-0.3, -0.25) is 0 Å². The highest BCUT2D eigenvalue weighted by molar-refractivity contribution is 7.84. The highest BCUT2D eigenvalue weighted by Crippen LogP contribution is 2.21. The van der Waals surface area contributed by atoms with Gasteiger partial charge in [0.25, 0.3) is 0 Å². The molecule has 0 aliphatic rings. The Hall–Kier alpha value is -0.610. The van der Waals surface area contributed by atoms with Crippen molar-refractivity contribution in [3.63, 3.8) is 0 Å². The molecule has 0 radical (unpaired) electrons. The van der Waals surface area contributed by atoms with Crippen LogP contribution >= 0.6 is 0 Å². The zero-order chi connectivity index (χ0) is 12.3. The van der Waals surface area contributed by atoms with E-state index in [2.05, 4.69) is 11.6 Å². The van der Waals surface area contributed by atoms with E-state index in [4.69, 9.17) is 4.42 Å². The molecule has 0 fully saturated rings. The minimum Gasteiger partial charge on any atom is -0.465 e. The molecule has 0 aromatic carbocycles. The van der Waals surface area contributed by atoms with Crippen molar-refractivity contribution in [3.05, 3.63) is 23.7 Å². The van der Waals surface area contributed by atoms with Gasteiger partial charge in [0, 0.05) is 0 Å². The molecule has 1 rings (SSSR count). The van der Waals surface area contributed by atoms with E-state index in [-0.39, 0.29) is 10.8 Å². The van der Waals surface area contributed by atoms with Gasteiger partial charge in [-0.1, -0.05) is 6.92 Å². The van der Waals surface area contributed by atoms with Crippen molar-refractivity contribution in [2.45, 2.75) is 51.8 Å². The molecule has 0 unspecified atom stereocenters. The summed E-state index contributed by atoms with van der Waals surface area (Å²) in [7, 11) is -1.07. The molecule has 1 aromatic heterocycles. The van der Waals surface area contributed by atoms with Crippen LogP contribution in [0.25, 0.3) is 0 Å². The van der Waals surface area contributed by atoms with Crippen LogP contribution in [0.3, 0.4) is 0 Å². The van der Waals surface area contributed by atoms with Gasteiger partial charge in [0.15, 0.2) is 0 Å². The molecule has 0 saturated carbocycles. The van der Waals surface area contributed by atoms with Crippen molar-refractivity contribution in [1.29, 1.82) is 0 Å². The van der Waals surface area contributed by atoms with Crippen LogP contribution in [-0.4, -0.2) is 8.96 Å². The summed E-state index contributed by atoms with van der Waals surface area (Å²) in [4.78, 5) is 0. The minimum absolute atomic E-state index is 0.0220. The standard InChI is InChI=1S/C12H21NO2S/c1-6-10(11-8-7-9(2)15-11)13-16(14)12(3,4)5/h7-8,10,13H,6H2,1-5H3/t10-,16+/m0/s1. The minimum atomic E-state index is -1.07. The van der Waals surface area contributed by atoms with Crippen LogP contribution in [0.15, 0.2) is 16.5 Å². The fourth-order valence-electron chi connectivity index (χ4n) is 1.29. The molecule has 1 N–H and O–H groups in total. The quantitative estimate of drug-likeness (QED) is 0.883. The van der Waals surface area contributed by atoms with Crippen molar-refractivity contribution >= 4 is 11.0 Å². The van der Waals surface area contributed by atoms with Crippen LogP contribution in [0, 0.1) is 6.92 Å². The Kier molecular flexibility index (Phi) is 4.33. The second-order valence-corrected chi connectivity index (χ2v) is 6.91. The van der Waals surface area contributed by atoms with Gasteiger partial charge in [-0.05, 0) is 46.2 Å². The maximum Gasteiger partial charge on any atom is 0.122 e. The molecular weight excluding hydrogens is 222 g/mol. The summed E-state index contributed by atoms with van der Waals surface area (Å²) in [6, 6.07) is 3.89. The number of nitrogens with one attached hydrogen (secondary N) is 1. The van der Waals surface area contributed by atoms with E-state index >= 15 is 0 Å². The van der Waals surface area contributed by atoms with Crippen LogP contribution in [0.5, 0.6) is 0 Å². The zero-order valence-corrected chi connectivity index (χ0v) is 11.5. The number of rotatable bonds is 4. The Labute approximate surface area is 100 Å². The third-order valence-electron chi connectivity index (χ3n) is 2.32. The van der Waals surface area contributed by atoms with Gasteiger partial charge in [-0.2, -0.15) is 0 Å². The molecule has 0 bridgehead atoms. The molecule has 1 heterocycles. The molecule has 0 saturated heterocycles. The summed E-state index contributed by atoms with van der Waals surface area (Å²) in [5.41, 5.74) is 0. The van der Waals surface area contributed by atoms with Crippen molar-refractivity contribution < 1.29 is 8.63 Å². The van der Waals surface area contributed by atoms with Crippen molar-refractivity contribution in [2.75, 3.05) is 0 Å². The lowest BCUT2D eigenvalue weighted by molar-refractivity contribution is 0.425. The first-order valence-electron chi connectivity index (χ1n) is 5.59. The normalized spacial score (nSPS) is 16.1. The number of aryl methyl sites for hydroxylation is 1. The van der Waals surface area contributed by atoms with Crippen LogP contribution in [0.2, 0.25) is 0 Å². The molecule has 3 nitrogen and oxygen atoms in total. The average molecular weight is 243 g/mol. The zero-order valence-electron chi connectivity index (χ0n) is 10.7. The topological polar surface area (TPSA) is 42.2 Å². The van der Waals surface area contributed by atoms with E-state index in [0.29, 0.717) is 0 Å². The van der Waals surface area contributed by atoms with Gasteiger partial charge < -0.3 is 4.42 Å². The van der Waals surface area contributed by atoms with Crippen molar-refractivity contribution in [2.24, 2.45) is 0 Å². The van der Waals surface area contributed by atoms with Crippen LogP contribution < -0.4 is 4.72 Å². The largest absolute Gasteiger partial charge is 0.465 e. The van der Waals surface area contributed by atoms with Gasteiger partial charge in [-0.25, -0.2) is 8.93 Å². The second kappa shape index (κ2) is 5.15. The van der Waals surface area contributed by atoms with Crippen molar-refractivity contribution in [1.82, 2.24) is 4.72 Å². The van der Waals surface area contributed by atoms with Crippen molar-refractivity contribution in [3.8, 4) is 0 Å². The molecule has 16 heavy (non-hydrogen) atoms. The molecular formula is C12H21NO2S. The molecule has 0 spiro atoms. The summed E-state index contributed by atoms with van der Waals surface area (Å²) in [5.74, 6) is 1.74.